The fourth-order valence-corrected chi connectivity index (χ4v) is 3.20. The van der Waals surface area contributed by atoms with Gasteiger partial charge in [-0.25, -0.2) is 0 Å². The number of aliphatic hydroxyl groups is 1. The Kier molecular flexibility index (Phi) is 4.66. The summed E-state index contributed by atoms with van der Waals surface area (Å²) in [6.45, 7) is 2.58. The summed E-state index contributed by atoms with van der Waals surface area (Å²) in [6.07, 6.45) is 12.4. The van der Waals surface area contributed by atoms with Crippen LogP contribution < -0.4 is 5.32 Å². The van der Waals surface area contributed by atoms with Gasteiger partial charge in [-0.05, 0) is 31.7 Å². The lowest BCUT2D eigenvalue weighted by Gasteiger charge is -2.40. The van der Waals surface area contributed by atoms with Gasteiger partial charge >= 0.3 is 0 Å². The predicted molar refractivity (Wildman–Crippen MR) is 67.4 cm³/mol. The van der Waals surface area contributed by atoms with Crippen LogP contribution in [0.2, 0.25) is 0 Å². The fraction of sp³-hybridized carbons (Fsp3) is 1.00. The molecule has 94 valence electrons. The molecule has 0 aromatic carbocycles. The van der Waals surface area contributed by atoms with Gasteiger partial charge in [-0.2, -0.15) is 0 Å². The molecule has 0 unspecified atom stereocenters. The highest BCUT2D eigenvalue weighted by Gasteiger charge is 2.35. The van der Waals surface area contributed by atoms with Crippen LogP contribution in [-0.4, -0.2) is 24.8 Å². The number of nitrogens with one attached hydrogen (secondary N) is 1. The van der Waals surface area contributed by atoms with Crippen molar-refractivity contribution in [1.29, 1.82) is 0 Å². The molecule has 0 aromatic heterocycles. The molecule has 0 heterocycles. The Bertz CT molecular complexity index is 189. The normalized spacial score (nSPS) is 25.3. The topological polar surface area (TPSA) is 32.3 Å². The quantitative estimate of drug-likeness (QED) is 0.681. The number of hydrogen-bond donors (Lipinski definition) is 2. The van der Waals surface area contributed by atoms with Crippen molar-refractivity contribution >= 4 is 0 Å². The highest BCUT2D eigenvalue weighted by Crippen LogP contribution is 2.39. The Morgan fingerprint density at radius 3 is 2.38 bits per heavy atom. The van der Waals surface area contributed by atoms with Gasteiger partial charge in [0.2, 0.25) is 0 Å². The van der Waals surface area contributed by atoms with E-state index in [1.165, 1.54) is 57.8 Å². The van der Waals surface area contributed by atoms with Crippen LogP contribution in [0.1, 0.15) is 57.8 Å². The van der Waals surface area contributed by atoms with Gasteiger partial charge < -0.3 is 10.4 Å². The molecule has 0 atom stereocenters. The van der Waals surface area contributed by atoms with E-state index < -0.39 is 0 Å². The van der Waals surface area contributed by atoms with Gasteiger partial charge in [0.05, 0.1) is 0 Å². The molecule has 2 nitrogen and oxygen atoms in total. The molecule has 2 heteroatoms. The number of aliphatic hydroxyl groups excluding tert-OH is 1. The van der Waals surface area contributed by atoms with Crippen LogP contribution in [-0.2, 0) is 0 Å². The molecular formula is C14H27NO. The van der Waals surface area contributed by atoms with Gasteiger partial charge in [0.25, 0.3) is 0 Å². The molecule has 2 rings (SSSR count). The maximum Gasteiger partial charge on any atom is 0.0499 e. The summed E-state index contributed by atoms with van der Waals surface area (Å²) >= 11 is 0. The molecule has 0 saturated heterocycles. The standard InChI is InChI=1S/C14H27NO/c16-12-14(8-4-9-14)11-15-10-7-13-5-2-1-3-6-13/h13,15-16H,1-12H2. The SMILES string of the molecule is OCC1(CNCCC2CCCCC2)CCC1. The summed E-state index contributed by atoms with van der Waals surface area (Å²) in [7, 11) is 0. The third-order valence-electron chi connectivity index (χ3n) is 4.70. The Morgan fingerprint density at radius 1 is 1.06 bits per heavy atom. The molecule has 0 radical (unpaired) electrons. The van der Waals surface area contributed by atoms with Gasteiger partial charge in [-0.3, -0.25) is 0 Å². The maximum atomic E-state index is 9.34. The van der Waals surface area contributed by atoms with Gasteiger partial charge in [-0.1, -0.05) is 38.5 Å². The fourth-order valence-electron chi connectivity index (χ4n) is 3.20. The van der Waals surface area contributed by atoms with E-state index in [4.69, 9.17) is 0 Å². The lowest BCUT2D eigenvalue weighted by molar-refractivity contribution is 0.0445. The molecule has 2 aliphatic carbocycles. The second-order valence-electron chi connectivity index (χ2n) is 5.98. The summed E-state index contributed by atoms with van der Waals surface area (Å²) < 4.78 is 0. The molecule has 16 heavy (non-hydrogen) atoms. The van der Waals surface area contributed by atoms with E-state index in [0.717, 1.165) is 19.0 Å². The summed E-state index contributed by atoms with van der Waals surface area (Å²) in [5.41, 5.74) is 0.257. The average molecular weight is 225 g/mol. The van der Waals surface area contributed by atoms with E-state index in [2.05, 4.69) is 5.32 Å². The van der Waals surface area contributed by atoms with Crippen molar-refractivity contribution < 1.29 is 5.11 Å². The molecule has 2 saturated carbocycles. The molecular weight excluding hydrogens is 198 g/mol. The third-order valence-corrected chi connectivity index (χ3v) is 4.70. The Labute approximate surface area is 99.8 Å². The van der Waals surface area contributed by atoms with Crippen LogP contribution in [0.3, 0.4) is 0 Å². The van der Waals surface area contributed by atoms with Crippen LogP contribution in [0.15, 0.2) is 0 Å². The molecule has 0 amide bonds. The van der Waals surface area contributed by atoms with Crippen LogP contribution >= 0.6 is 0 Å². The number of hydrogen-bond acceptors (Lipinski definition) is 2. The van der Waals surface area contributed by atoms with E-state index in [9.17, 15) is 5.11 Å². The lowest BCUT2D eigenvalue weighted by atomic mass is 9.69. The highest BCUT2D eigenvalue weighted by atomic mass is 16.3. The number of rotatable bonds is 6. The van der Waals surface area contributed by atoms with Crippen molar-refractivity contribution in [1.82, 2.24) is 5.32 Å². The molecule has 0 aromatic rings. The molecule has 2 fully saturated rings. The zero-order chi connectivity index (χ0) is 11.3. The smallest absolute Gasteiger partial charge is 0.0499 e. The zero-order valence-corrected chi connectivity index (χ0v) is 10.5. The van der Waals surface area contributed by atoms with Gasteiger partial charge in [0, 0.05) is 18.6 Å². The minimum Gasteiger partial charge on any atom is -0.396 e. The van der Waals surface area contributed by atoms with Crippen LogP contribution in [0.5, 0.6) is 0 Å². The highest BCUT2D eigenvalue weighted by molar-refractivity contribution is 4.88. The Hall–Kier alpha value is -0.0800. The van der Waals surface area contributed by atoms with Gasteiger partial charge in [0.15, 0.2) is 0 Å². The first kappa shape index (κ1) is 12.4. The minimum absolute atomic E-state index is 0.257. The van der Waals surface area contributed by atoms with E-state index in [1.54, 1.807) is 0 Å². The van der Waals surface area contributed by atoms with Gasteiger partial charge in [-0.15, -0.1) is 0 Å². The minimum atomic E-state index is 0.257. The average Bonchev–Trinajstić information content (AvgIpc) is 2.29. The van der Waals surface area contributed by atoms with Crippen LogP contribution in [0.25, 0.3) is 0 Å². The van der Waals surface area contributed by atoms with E-state index in [-0.39, 0.29) is 5.41 Å². The monoisotopic (exact) mass is 225 g/mol. The predicted octanol–water partition coefficient (Wildman–Crippen LogP) is 2.71. The van der Waals surface area contributed by atoms with Crippen molar-refractivity contribution in [2.45, 2.75) is 57.8 Å². The van der Waals surface area contributed by atoms with Crippen LogP contribution in [0, 0.1) is 11.3 Å². The molecule has 0 bridgehead atoms. The van der Waals surface area contributed by atoms with Crippen molar-refractivity contribution in [3.8, 4) is 0 Å². The van der Waals surface area contributed by atoms with Crippen LogP contribution in [0.4, 0.5) is 0 Å². The summed E-state index contributed by atoms with van der Waals surface area (Å²) in [5.74, 6) is 0.979. The third kappa shape index (κ3) is 3.21. The zero-order valence-electron chi connectivity index (χ0n) is 10.5. The van der Waals surface area contributed by atoms with Crippen molar-refractivity contribution in [2.75, 3.05) is 19.7 Å². The molecule has 2 N–H and O–H groups in total. The summed E-state index contributed by atoms with van der Waals surface area (Å²) in [5, 5.41) is 12.9. The largest absolute Gasteiger partial charge is 0.396 e. The van der Waals surface area contributed by atoms with E-state index in [0.29, 0.717) is 6.61 Å². The van der Waals surface area contributed by atoms with Crippen molar-refractivity contribution in [2.24, 2.45) is 11.3 Å². The van der Waals surface area contributed by atoms with E-state index >= 15 is 0 Å². The summed E-state index contributed by atoms with van der Waals surface area (Å²) in [6, 6.07) is 0. The van der Waals surface area contributed by atoms with Crippen molar-refractivity contribution in [3.05, 3.63) is 0 Å². The molecule has 0 aliphatic heterocycles. The maximum absolute atomic E-state index is 9.34. The Balaban J connectivity index is 1.54. The molecule has 2 aliphatic rings. The first-order valence-corrected chi connectivity index (χ1v) is 7.16. The summed E-state index contributed by atoms with van der Waals surface area (Å²) in [4.78, 5) is 0. The molecule has 0 spiro atoms. The first-order chi connectivity index (χ1) is 7.85. The second-order valence-corrected chi connectivity index (χ2v) is 5.98. The second kappa shape index (κ2) is 6.02. The Morgan fingerprint density at radius 2 is 1.81 bits per heavy atom. The first-order valence-electron chi connectivity index (χ1n) is 7.16. The van der Waals surface area contributed by atoms with Crippen molar-refractivity contribution in [3.63, 3.8) is 0 Å². The van der Waals surface area contributed by atoms with Gasteiger partial charge in [0.1, 0.15) is 0 Å². The van der Waals surface area contributed by atoms with E-state index in [1.807, 2.05) is 0 Å². The lowest BCUT2D eigenvalue weighted by Crippen LogP contribution is -2.43.